The minimum absolute atomic E-state index is 0.394. The highest BCUT2D eigenvalue weighted by Crippen LogP contribution is 2.44. The minimum Gasteiger partial charge on any atom is -0.493 e. The van der Waals surface area contributed by atoms with Crippen LogP contribution in [0.3, 0.4) is 0 Å². The summed E-state index contributed by atoms with van der Waals surface area (Å²) in [6, 6.07) is 13.8. The number of carboxylic acid groups (broad SMARTS) is 1. The zero-order valence-corrected chi connectivity index (χ0v) is 20.3. The van der Waals surface area contributed by atoms with Gasteiger partial charge in [-0.2, -0.15) is 0 Å². The van der Waals surface area contributed by atoms with Gasteiger partial charge in [0.2, 0.25) is 0 Å². The maximum atomic E-state index is 15.2. The number of benzene rings is 2. The first-order valence-corrected chi connectivity index (χ1v) is 11.4. The summed E-state index contributed by atoms with van der Waals surface area (Å²) in [5, 5.41) is 8.87. The maximum Gasteiger partial charge on any atom is 0.328 e. The lowest BCUT2D eigenvalue weighted by atomic mass is 9.88. The SMILES string of the molecule is CCCOc1cc2c(cc1C(C)=C(F)C=CC(C)=CC(=O)O)C(c1ccccc1)=CC(C)(C)O2. The highest BCUT2D eigenvalue weighted by Gasteiger charge is 2.29. The molecular weight excluding hydrogens is 431 g/mol. The molecule has 2 aromatic carbocycles. The summed E-state index contributed by atoms with van der Waals surface area (Å²) in [6.07, 6.45) is 6.64. The fourth-order valence-corrected chi connectivity index (χ4v) is 3.78. The van der Waals surface area contributed by atoms with Crippen molar-refractivity contribution in [1.82, 2.24) is 0 Å². The molecule has 0 radical (unpaired) electrons. The van der Waals surface area contributed by atoms with Crippen molar-refractivity contribution >= 4 is 17.1 Å². The molecule has 0 amide bonds. The van der Waals surface area contributed by atoms with Crippen LogP contribution in [0.25, 0.3) is 11.1 Å². The number of carbonyl (C=O) groups is 1. The summed E-state index contributed by atoms with van der Waals surface area (Å²) in [7, 11) is 0. The predicted octanol–water partition coefficient (Wildman–Crippen LogP) is 7.37. The fraction of sp³-hybridized carbons (Fsp3) is 0.276. The first-order chi connectivity index (χ1) is 16.1. The van der Waals surface area contributed by atoms with Crippen LogP contribution >= 0.6 is 0 Å². The summed E-state index contributed by atoms with van der Waals surface area (Å²) >= 11 is 0. The number of fused-ring (bicyclic) bond motifs is 1. The van der Waals surface area contributed by atoms with Crippen LogP contribution in [0.4, 0.5) is 4.39 Å². The summed E-state index contributed by atoms with van der Waals surface area (Å²) in [5.41, 5.74) is 3.86. The van der Waals surface area contributed by atoms with Crippen molar-refractivity contribution in [2.45, 2.75) is 46.6 Å². The summed E-state index contributed by atoms with van der Waals surface area (Å²) in [6.45, 7) is 9.80. The van der Waals surface area contributed by atoms with E-state index in [1.54, 1.807) is 13.8 Å². The molecule has 0 aromatic heterocycles. The van der Waals surface area contributed by atoms with Crippen LogP contribution < -0.4 is 9.47 Å². The van der Waals surface area contributed by atoms with Gasteiger partial charge >= 0.3 is 5.97 Å². The van der Waals surface area contributed by atoms with E-state index in [9.17, 15) is 4.79 Å². The Morgan fingerprint density at radius 3 is 2.50 bits per heavy atom. The number of allylic oxidation sites excluding steroid dienone is 5. The summed E-state index contributed by atoms with van der Waals surface area (Å²) < 4.78 is 27.4. The van der Waals surface area contributed by atoms with Gasteiger partial charge in [-0.3, -0.25) is 0 Å². The molecule has 34 heavy (non-hydrogen) atoms. The third kappa shape index (κ3) is 6.04. The Bertz CT molecular complexity index is 1180. The average molecular weight is 463 g/mol. The van der Waals surface area contributed by atoms with E-state index in [4.69, 9.17) is 14.6 Å². The lowest BCUT2D eigenvalue weighted by Crippen LogP contribution is -2.29. The smallest absolute Gasteiger partial charge is 0.328 e. The van der Waals surface area contributed by atoms with E-state index in [2.05, 4.69) is 6.08 Å². The summed E-state index contributed by atoms with van der Waals surface area (Å²) in [4.78, 5) is 10.8. The standard InChI is InChI=1S/C29H31FO4/c1-6-14-33-26-17-27-23(24(18-29(4,5)34-27)21-10-8-7-9-11-21)16-22(26)20(3)25(30)13-12-19(2)15-28(31)32/h7-13,15-18H,6,14H2,1-5H3,(H,31,32). The highest BCUT2D eigenvalue weighted by molar-refractivity contribution is 5.88. The molecule has 2 aromatic rings. The van der Waals surface area contributed by atoms with E-state index in [1.165, 1.54) is 12.2 Å². The van der Waals surface area contributed by atoms with E-state index in [1.807, 2.05) is 63.2 Å². The van der Waals surface area contributed by atoms with E-state index in [0.29, 0.717) is 34.8 Å². The first kappa shape index (κ1) is 25.0. The van der Waals surface area contributed by atoms with Gasteiger partial charge in [0.15, 0.2) is 0 Å². The first-order valence-electron chi connectivity index (χ1n) is 11.4. The van der Waals surface area contributed by atoms with Crippen LogP contribution in [0, 0.1) is 0 Å². The molecule has 0 atom stereocenters. The summed E-state index contributed by atoms with van der Waals surface area (Å²) in [5.74, 6) is -0.312. The molecular formula is C29H31FO4. The molecule has 0 saturated heterocycles. The van der Waals surface area contributed by atoms with Gasteiger partial charge in [-0.1, -0.05) is 43.3 Å². The van der Waals surface area contributed by atoms with Gasteiger partial charge < -0.3 is 14.6 Å². The molecule has 0 saturated carbocycles. The van der Waals surface area contributed by atoms with E-state index >= 15 is 4.39 Å². The molecule has 0 unspecified atom stereocenters. The van der Waals surface area contributed by atoms with Gasteiger partial charge in [0, 0.05) is 23.3 Å². The number of carboxylic acids is 1. The Morgan fingerprint density at radius 2 is 1.85 bits per heavy atom. The molecule has 1 aliphatic rings. The van der Waals surface area contributed by atoms with Gasteiger partial charge in [0.1, 0.15) is 22.9 Å². The number of halogens is 1. The molecule has 5 heteroatoms. The van der Waals surface area contributed by atoms with Crippen molar-refractivity contribution < 1.29 is 23.8 Å². The van der Waals surface area contributed by atoms with Gasteiger partial charge in [-0.15, -0.1) is 0 Å². The van der Waals surface area contributed by atoms with Gasteiger partial charge in [-0.25, -0.2) is 9.18 Å². The zero-order chi connectivity index (χ0) is 24.9. The van der Waals surface area contributed by atoms with E-state index in [0.717, 1.165) is 29.2 Å². The molecule has 4 nitrogen and oxygen atoms in total. The van der Waals surface area contributed by atoms with Crippen molar-refractivity contribution in [2.24, 2.45) is 0 Å². The lowest BCUT2D eigenvalue weighted by molar-refractivity contribution is -0.131. The van der Waals surface area contributed by atoms with E-state index in [-0.39, 0.29) is 0 Å². The Hall–Kier alpha value is -3.60. The van der Waals surface area contributed by atoms with Crippen LogP contribution in [0.5, 0.6) is 11.5 Å². The molecule has 0 bridgehead atoms. The van der Waals surface area contributed by atoms with Crippen LogP contribution in [0.1, 0.15) is 57.7 Å². The molecule has 1 N–H and O–H groups in total. The molecule has 3 rings (SSSR count). The van der Waals surface area contributed by atoms with Crippen molar-refractivity contribution in [1.29, 1.82) is 0 Å². The Morgan fingerprint density at radius 1 is 1.15 bits per heavy atom. The topological polar surface area (TPSA) is 55.8 Å². The van der Waals surface area contributed by atoms with Gasteiger partial charge in [-0.05, 0) is 74.6 Å². The third-order valence-electron chi connectivity index (χ3n) is 5.39. The second kappa shape index (κ2) is 10.6. The fourth-order valence-electron chi connectivity index (χ4n) is 3.78. The zero-order valence-electron chi connectivity index (χ0n) is 20.3. The highest BCUT2D eigenvalue weighted by atomic mass is 19.1. The number of aliphatic carboxylic acids is 1. The molecule has 1 aliphatic heterocycles. The van der Waals surface area contributed by atoms with Crippen LogP contribution in [0.15, 0.2) is 78.2 Å². The number of rotatable bonds is 8. The average Bonchev–Trinajstić information content (AvgIpc) is 2.79. The number of hydrogen-bond acceptors (Lipinski definition) is 3. The Labute approximate surface area is 200 Å². The third-order valence-corrected chi connectivity index (χ3v) is 5.39. The van der Waals surface area contributed by atoms with Crippen LogP contribution in [-0.2, 0) is 4.79 Å². The number of hydrogen-bond donors (Lipinski definition) is 1. The second-order valence-electron chi connectivity index (χ2n) is 8.86. The van der Waals surface area contributed by atoms with Crippen molar-refractivity contribution in [3.63, 3.8) is 0 Å². The lowest BCUT2D eigenvalue weighted by Gasteiger charge is -2.32. The largest absolute Gasteiger partial charge is 0.493 e. The molecule has 0 aliphatic carbocycles. The van der Waals surface area contributed by atoms with Crippen LogP contribution in [0.2, 0.25) is 0 Å². The predicted molar refractivity (Wildman–Crippen MR) is 135 cm³/mol. The molecule has 1 heterocycles. The normalized spacial score (nSPS) is 15.8. The van der Waals surface area contributed by atoms with Crippen LogP contribution in [-0.4, -0.2) is 23.3 Å². The van der Waals surface area contributed by atoms with Crippen molar-refractivity contribution in [3.05, 3.63) is 94.9 Å². The monoisotopic (exact) mass is 462 g/mol. The van der Waals surface area contributed by atoms with E-state index < -0.39 is 17.4 Å². The molecule has 0 spiro atoms. The van der Waals surface area contributed by atoms with Crippen molar-refractivity contribution in [2.75, 3.05) is 6.61 Å². The van der Waals surface area contributed by atoms with Gasteiger partial charge in [0.05, 0.1) is 6.61 Å². The second-order valence-corrected chi connectivity index (χ2v) is 8.86. The molecule has 0 fully saturated rings. The molecule has 178 valence electrons. The Kier molecular flexibility index (Phi) is 7.77. The minimum atomic E-state index is -1.07. The van der Waals surface area contributed by atoms with Gasteiger partial charge in [0.25, 0.3) is 0 Å². The Balaban J connectivity index is 2.16. The maximum absolute atomic E-state index is 15.2. The number of ether oxygens (including phenoxy) is 2. The quantitative estimate of drug-likeness (QED) is 0.329. The van der Waals surface area contributed by atoms with Crippen molar-refractivity contribution in [3.8, 4) is 11.5 Å².